The fourth-order valence-electron chi connectivity index (χ4n) is 1.88. The van der Waals surface area contributed by atoms with E-state index in [1.807, 2.05) is 20.2 Å². The van der Waals surface area contributed by atoms with Gasteiger partial charge in [-0.2, -0.15) is 5.10 Å². The third-order valence-electron chi connectivity index (χ3n) is 3.08. The highest BCUT2D eigenvalue weighted by molar-refractivity contribution is 5.77. The largest absolute Gasteiger partial charge is 0.466 e. The molecule has 96 valence electrons. The maximum atomic E-state index is 12.0. The third kappa shape index (κ3) is 3.06. The Hall–Kier alpha value is -1.36. The van der Waals surface area contributed by atoms with E-state index >= 15 is 0 Å². The van der Waals surface area contributed by atoms with Crippen molar-refractivity contribution in [2.24, 2.45) is 18.2 Å². The molecule has 5 nitrogen and oxygen atoms in total. The van der Waals surface area contributed by atoms with Gasteiger partial charge in [0.2, 0.25) is 0 Å². The summed E-state index contributed by atoms with van der Waals surface area (Å²) in [6.45, 7) is 4.43. The first kappa shape index (κ1) is 13.7. The molecule has 0 saturated heterocycles. The lowest BCUT2D eigenvalue weighted by molar-refractivity contribution is -0.155. The van der Waals surface area contributed by atoms with Gasteiger partial charge in [-0.1, -0.05) is 6.92 Å². The van der Waals surface area contributed by atoms with Gasteiger partial charge in [0.15, 0.2) is 0 Å². The summed E-state index contributed by atoms with van der Waals surface area (Å²) in [6.07, 6.45) is 4.91. The summed E-state index contributed by atoms with van der Waals surface area (Å²) in [5, 5.41) is 4.10. The summed E-state index contributed by atoms with van der Waals surface area (Å²) in [6, 6.07) is 0. The molecule has 17 heavy (non-hydrogen) atoms. The molecule has 0 aliphatic heterocycles. The summed E-state index contributed by atoms with van der Waals surface area (Å²) >= 11 is 0. The molecule has 0 aliphatic rings. The second kappa shape index (κ2) is 5.82. The molecule has 0 bridgehead atoms. The molecule has 1 unspecified atom stereocenters. The molecule has 0 aromatic carbocycles. The van der Waals surface area contributed by atoms with E-state index in [9.17, 15) is 4.79 Å². The van der Waals surface area contributed by atoms with Crippen molar-refractivity contribution >= 4 is 5.97 Å². The Labute approximate surface area is 102 Å². The molecular formula is C12H21N3O2. The van der Waals surface area contributed by atoms with Crippen LogP contribution in [0, 0.1) is 5.41 Å². The van der Waals surface area contributed by atoms with Crippen LogP contribution in [0.1, 0.15) is 25.8 Å². The Morgan fingerprint density at radius 2 is 2.29 bits per heavy atom. The maximum absolute atomic E-state index is 12.0. The van der Waals surface area contributed by atoms with Crippen molar-refractivity contribution in [3.8, 4) is 0 Å². The second-order valence-electron chi connectivity index (χ2n) is 4.26. The number of nitrogens with two attached hydrogens (primary N) is 1. The van der Waals surface area contributed by atoms with Crippen LogP contribution >= 0.6 is 0 Å². The normalized spacial score (nSPS) is 14.4. The van der Waals surface area contributed by atoms with Crippen LogP contribution in [0.5, 0.6) is 0 Å². The molecule has 5 heteroatoms. The first-order valence-electron chi connectivity index (χ1n) is 5.92. The summed E-state index contributed by atoms with van der Waals surface area (Å²) in [7, 11) is 1.85. The van der Waals surface area contributed by atoms with E-state index in [2.05, 4.69) is 5.10 Å². The Bertz CT molecular complexity index is 370. The number of carbonyl (C=O) groups is 1. The van der Waals surface area contributed by atoms with Gasteiger partial charge in [0.05, 0.1) is 18.2 Å². The average Bonchev–Trinajstić information content (AvgIpc) is 2.72. The molecule has 0 radical (unpaired) electrons. The molecule has 0 fully saturated rings. The minimum atomic E-state index is -0.626. The van der Waals surface area contributed by atoms with Crippen LogP contribution in [-0.4, -0.2) is 28.9 Å². The maximum Gasteiger partial charge on any atom is 0.313 e. The van der Waals surface area contributed by atoms with Crippen LogP contribution in [0.3, 0.4) is 0 Å². The number of hydrogen-bond donors (Lipinski definition) is 1. The number of hydrogen-bond acceptors (Lipinski definition) is 4. The van der Waals surface area contributed by atoms with E-state index < -0.39 is 5.41 Å². The van der Waals surface area contributed by atoms with Gasteiger partial charge in [0, 0.05) is 19.8 Å². The van der Waals surface area contributed by atoms with Gasteiger partial charge in [-0.15, -0.1) is 0 Å². The Balaban J connectivity index is 2.87. The lowest BCUT2D eigenvalue weighted by Gasteiger charge is -2.28. The number of nitrogens with zero attached hydrogens (tertiary/aromatic N) is 2. The molecule has 2 N–H and O–H groups in total. The molecule has 0 amide bonds. The lowest BCUT2D eigenvalue weighted by atomic mass is 9.80. The van der Waals surface area contributed by atoms with E-state index in [1.54, 1.807) is 17.8 Å². The highest BCUT2D eigenvalue weighted by Crippen LogP contribution is 2.27. The van der Waals surface area contributed by atoms with Crippen LogP contribution in [0.2, 0.25) is 0 Å². The predicted molar refractivity (Wildman–Crippen MR) is 65.3 cm³/mol. The molecule has 1 heterocycles. The van der Waals surface area contributed by atoms with Gasteiger partial charge in [-0.3, -0.25) is 9.48 Å². The second-order valence-corrected chi connectivity index (χ2v) is 4.26. The van der Waals surface area contributed by atoms with Crippen molar-refractivity contribution in [3.63, 3.8) is 0 Å². The summed E-state index contributed by atoms with van der Waals surface area (Å²) < 4.78 is 6.84. The minimum Gasteiger partial charge on any atom is -0.466 e. The van der Waals surface area contributed by atoms with Gasteiger partial charge < -0.3 is 10.5 Å². The number of rotatable bonds is 6. The molecule has 0 aliphatic carbocycles. The first-order valence-corrected chi connectivity index (χ1v) is 5.92. The lowest BCUT2D eigenvalue weighted by Crippen LogP contribution is -2.41. The zero-order chi connectivity index (χ0) is 12.9. The Morgan fingerprint density at radius 1 is 1.59 bits per heavy atom. The molecule has 0 saturated carbocycles. The molecule has 1 aromatic rings. The van der Waals surface area contributed by atoms with Gasteiger partial charge in [0.1, 0.15) is 0 Å². The third-order valence-corrected chi connectivity index (χ3v) is 3.08. The predicted octanol–water partition coefficient (Wildman–Crippen LogP) is 0.881. The number of esters is 1. The zero-order valence-electron chi connectivity index (χ0n) is 10.8. The van der Waals surface area contributed by atoms with E-state index in [0.29, 0.717) is 19.4 Å². The SMILES string of the molecule is CCOC(=O)C(CC)(CN)Cc1cnn(C)c1. The minimum absolute atomic E-state index is 0.214. The van der Waals surface area contributed by atoms with Gasteiger partial charge in [-0.25, -0.2) is 0 Å². The van der Waals surface area contributed by atoms with E-state index in [-0.39, 0.29) is 12.5 Å². The number of aryl methyl sites for hydroxylation is 1. The van der Waals surface area contributed by atoms with Crippen molar-refractivity contribution < 1.29 is 9.53 Å². The summed E-state index contributed by atoms with van der Waals surface area (Å²) in [5.74, 6) is -0.214. The van der Waals surface area contributed by atoms with Crippen molar-refractivity contribution in [1.29, 1.82) is 0 Å². The smallest absolute Gasteiger partial charge is 0.313 e. The van der Waals surface area contributed by atoms with Crippen LogP contribution in [0.4, 0.5) is 0 Å². The fourth-order valence-corrected chi connectivity index (χ4v) is 1.88. The quantitative estimate of drug-likeness (QED) is 0.748. The first-order chi connectivity index (χ1) is 8.07. The van der Waals surface area contributed by atoms with Gasteiger partial charge >= 0.3 is 5.97 Å². The van der Waals surface area contributed by atoms with E-state index in [4.69, 9.17) is 10.5 Å². The molecule has 1 atom stereocenters. The van der Waals surface area contributed by atoms with Crippen LogP contribution in [0.25, 0.3) is 0 Å². The Kier molecular flexibility index (Phi) is 4.69. The van der Waals surface area contributed by atoms with Gasteiger partial charge in [0.25, 0.3) is 0 Å². The summed E-state index contributed by atoms with van der Waals surface area (Å²) in [4.78, 5) is 12.0. The summed E-state index contributed by atoms with van der Waals surface area (Å²) in [5.41, 5.74) is 6.16. The van der Waals surface area contributed by atoms with Gasteiger partial charge in [-0.05, 0) is 25.3 Å². The van der Waals surface area contributed by atoms with Crippen molar-refractivity contribution in [3.05, 3.63) is 18.0 Å². The fraction of sp³-hybridized carbons (Fsp3) is 0.667. The van der Waals surface area contributed by atoms with Crippen LogP contribution in [0.15, 0.2) is 12.4 Å². The van der Waals surface area contributed by atoms with E-state index in [0.717, 1.165) is 5.56 Å². The van der Waals surface area contributed by atoms with Crippen LogP contribution in [-0.2, 0) is 23.0 Å². The number of aromatic nitrogens is 2. The van der Waals surface area contributed by atoms with Crippen molar-refractivity contribution in [2.45, 2.75) is 26.7 Å². The highest BCUT2D eigenvalue weighted by Gasteiger charge is 2.37. The Morgan fingerprint density at radius 3 is 2.71 bits per heavy atom. The molecule has 1 aromatic heterocycles. The average molecular weight is 239 g/mol. The van der Waals surface area contributed by atoms with Crippen molar-refractivity contribution in [1.82, 2.24) is 9.78 Å². The van der Waals surface area contributed by atoms with Crippen LogP contribution < -0.4 is 5.73 Å². The highest BCUT2D eigenvalue weighted by atomic mass is 16.5. The monoisotopic (exact) mass is 239 g/mol. The zero-order valence-corrected chi connectivity index (χ0v) is 10.8. The topological polar surface area (TPSA) is 70.1 Å². The van der Waals surface area contributed by atoms with Crippen molar-refractivity contribution in [2.75, 3.05) is 13.2 Å². The number of carbonyl (C=O) groups excluding carboxylic acids is 1. The molecule has 0 spiro atoms. The number of ether oxygens (including phenoxy) is 1. The molecular weight excluding hydrogens is 218 g/mol. The molecule has 1 rings (SSSR count). The van der Waals surface area contributed by atoms with E-state index in [1.165, 1.54) is 0 Å². The standard InChI is InChI=1S/C12H21N3O2/c1-4-12(9-13,11(16)17-5-2)6-10-7-14-15(3)8-10/h7-8H,4-6,9,13H2,1-3H3.